The molecule has 0 aliphatic carbocycles. The summed E-state index contributed by atoms with van der Waals surface area (Å²) in [5.74, 6) is 0. The predicted octanol–water partition coefficient (Wildman–Crippen LogP) is 5.26. The molecule has 4 aromatic rings. The fourth-order valence-electron chi connectivity index (χ4n) is 2.72. The number of aromatic nitrogens is 1. The van der Waals surface area contributed by atoms with Crippen molar-refractivity contribution >= 4 is 21.8 Å². The average molecular weight is 302 g/mol. The van der Waals surface area contributed by atoms with Crippen molar-refractivity contribution in [3.05, 3.63) is 91.1 Å². The summed E-state index contributed by atoms with van der Waals surface area (Å²) in [4.78, 5) is 7.46. The first-order valence-corrected chi connectivity index (χ1v) is 8.56. The minimum Gasteiger partial charge on any atom is -0.357 e. The average Bonchev–Trinajstić information content (AvgIpc) is 3.01. The number of hydrogen-bond donors (Lipinski definition) is 1. The summed E-state index contributed by atoms with van der Waals surface area (Å²) >= 11 is 0. The molecule has 0 fully saturated rings. The monoisotopic (exact) mass is 302 g/mol. The van der Waals surface area contributed by atoms with Gasteiger partial charge in [0.15, 0.2) is 14.7 Å². The van der Waals surface area contributed by atoms with Crippen LogP contribution in [0.25, 0.3) is 10.9 Å². The molecular formula is C20H16NS+. The molecule has 0 spiro atoms. The Balaban J connectivity index is 1.95. The van der Waals surface area contributed by atoms with Gasteiger partial charge in [-0.3, -0.25) is 0 Å². The smallest absolute Gasteiger partial charge is 0.191 e. The van der Waals surface area contributed by atoms with E-state index in [1.807, 2.05) is 0 Å². The Hall–Kier alpha value is -2.45. The highest BCUT2D eigenvalue weighted by molar-refractivity contribution is 7.97. The number of H-pyrrole nitrogens is 1. The highest BCUT2D eigenvalue weighted by Gasteiger charge is 2.30. The van der Waals surface area contributed by atoms with Crippen LogP contribution in [-0.4, -0.2) is 4.98 Å². The maximum Gasteiger partial charge on any atom is 0.191 e. The summed E-state index contributed by atoms with van der Waals surface area (Å²) in [6.45, 7) is 0. The highest BCUT2D eigenvalue weighted by Crippen LogP contribution is 2.35. The molecule has 1 aromatic heterocycles. The minimum absolute atomic E-state index is 0.0893. The first-order chi connectivity index (χ1) is 10.9. The van der Waals surface area contributed by atoms with E-state index in [4.69, 9.17) is 0 Å². The van der Waals surface area contributed by atoms with Gasteiger partial charge in [-0.2, -0.15) is 0 Å². The number of aromatic amines is 1. The zero-order valence-electron chi connectivity index (χ0n) is 12.1. The molecule has 0 aliphatic rings. The van der Waals surface area contributed by atoms with Crippen molar-refractivity contribution in [2.75, 3.05) is 0 Å². The van der Waals surface area contributed by atoms with Crippen LogP contribution in [0, 0.1) is 0 Å². The lowest BCUT2D eigenvalue weighted by Gasteiger charge is -2.06. The van der Waals surface area contributed by atoms with Gasteiger partial charge in [-0.15, -0.1) is 0 Å². The Bertz CT molecular complexity index is 842. The Morgan fingerprint density at radius 3 is 1.77 bits per heavy atom. The zero-order valence-corrected chi connectivity index (χ0v) is 12.9. The van der Waals surface area contributed by atoms with E-state index in [0.717, 1.165) is 0 Å². The maximum absolute atomic E-state index is 3.42. The lowest BCUT2D eigenvalue weighted by Crippen LogP contribution is -2.03. The van der Waals surface area contributed by atoms with Crippen molar-refractivity contribution < 1.29 is 0 Å². The molecule has 1 heterocycles. The second-order valence-corrected chi connectivity index (χ2v) is 7.13. The number of fused-ring (bicyclic) bond motifs is 1. The maximum atomic E-state index is 3.42. The van der Waals surface area contributed by atoms with Crippen LogP contribution < -0.4 is 0 Å². The molecule has 1 N–H and O–H groups in total. The van der Waals surface area contributed by atoms with Gasteiger partial charge in [-0.05, 0) is 36.4 Å². The third-order valence-electron chi connectivity index (χ3n) is 3.73. The van der Waals surface area contributed by atoms with Crippen LogP contribution in [0.3, 0.4) is 0 Å². The van der Waals surface area contributed by atoms with Gasteiger partial charge in [-0.1, -0.05) is 48.5 Å². The number of rotatable bonds is 3. The molecule has 1 nitrogen and oxygen atoms in total. The van der Waals surface area contributed by atoms with E-state index in [-0.39, 0.29) is 10.9 Å². The molecule has 3 aromatic carbocycles. The lowest BCUT2D eigenvalue weighted by atomic mass is 10.2. The summed E-state index contributed by atoms with van der Waals surface area (Å²) in [6, 6.07) is 30.0. The molecule has 0 amide bonds. The molecule has 106 valence electrons. The normalized spacial score (nSPS) is 11.1. The minimum atomic E-state index is -0.0893. The number of nitrogens with one attached hydrogen (secondary N) is 1. The fourth-order valence-corrected chi connectivity index (χ4v) is 4.93. The van der Waals surface area contributed by atoms with E-state index in [9.17, 15) is 0 Å². The van der Waals surface area contributed by atoms with Crippen LogP contribution >= 0.6 is 0 Å². The van der Waals surface area contributed by atoms with Crippen molar-refractivity contribution in [3.8, 4) is 0 Å². The zero-order chi connectivity index (χ0) is 14.8. The second kappa shape index (κ2) is 5.74. The van der Waals surface area contributed by atoms with Crippen molar-refractivity contribution in [2.24, 2.45) is 0 Å². The van der Waals surface area contributed by atoms with Crippen molar-refractivity contribution in [3.63, 3.8) is 0 Å². The lowest BCUT2D eigenvalue weighted by molar-refractivity contribution is 1.32. The van der Waals surface area contributed by atoms with Gasteiger partial charge in [0.2, 0.25) is 0 Å². The van der Waals surface area contributed by atoms with Gasteiger partial charge >= 0.3 is 0 Å². The SMILES string of the molecule is c1ccc([S+](c2ccccc2)c2c[nH]c3ccccc23)cc1. The van der Waals surface area contributed by atoms with Crippen LogP contribution in [0.1, 0.15) is 0 Å². The van der Waals surface area contributed by atoms with Crippen LogP contribution in [-0.2, 0) is 10.9 Å². The van der Waals surface area contributed by atoms with Crippen molar-refractivity contribution in [2.45, 2.75) is 14.7 Å². The second-order valence-electron chi connectivity index (χ2n) is 5.13. The first-order valence-electron chi connectivity index (χ1n) is 7.34. The molecule has 0 saturated heterocycles. The summed E-state index contributed by atoms with van der Waals surface area (Å²) in [5.41, 5.74) is 1.20. The van der Waals surface area contributed by atoms with Crippen LogP contribution in [0.5, 0.6) is 0 Å². The molecule has 0 atom stereocenters. The summed E-state index contributed by atoms with van der Waals surface area (Å²) in [6.07, 6.45) is 2.16. The highest BCUT2D eigenvalue weighted by atomic mass is 32.2. The molecular weight excluding hydrogens is 286 g/mol. The first kappa shape index (κ1) is 13.2. The molecule has 0 radical (unpaired) electrons. The Morgan fingerprint density at radius 1 is 0.591 bits per heavy atom. The largest absolute Gasteiger partial charge is 0.357 e. The fraction of sp³-hybridized carbons (Fsp3) is 0. The standard InChI is InChI=1S/C20H16NS/c1-3-9-16(10-4-1)22(17-11-5-2-6-12-17)20-15-21-19-14-8-7-13-18(19)20/h1-15,21H/q+1. The topological polar surface area (TPSA) is 15.8 Å². The number of hydrogen-bond acceptors (Lipinski definition) is 0. The van der Waals surface area contributed by atoms with E-state index >= 15 is 0 Å². The summed E-state index contributed by atoms with van der Waals surface area (Å²) in [7, 11) is -0.0893. The number of para-hydroxylation sites is 1. The molecule has 4 rings (SSSR count). The molecule has 0 saturated carbocycles. The van der Waals surface area contributed by atoms with Crippen molar-refractivity contribution in [1.82, 2.24) is 4.98 Å². The third-order valence-corrected chi connectivity index (χ3v) is 5.99. The Kier molecular flexibility index (Phi) is 3.45. The molecule has 0 unspecified atom stereocenters. The van der Waals surface area contributed by atoms with E-state index < -0.39 is 0 Å². The molecule has 0 aliphatic heterocycles. The van der Waals surface area contributed by atoms with Crippen LogP contribution in [0.4, 0.5) is 0 Å². The van der Waals surface area contributed by atoms with Gasteiger partial charge in [0.25, 0.3) is 0 Å². The Morgan fingerprint density at radius 2 is 1.14 bits per heavy atom. The van der Waals surface area contributed by atoms with Gasteiger partial charge in [0.1, 0.15) is 10.9 Å². The van der Waals surface area contributed by atoms with Crippen LogP contribution in [0.2, 0.25) is 0 Å². The quantitative estimate of drug-likeness (QED) is 0.497. The van der Waals surface area contributed by atoms with E-state index in [2.05, 4.69) is 96.1 Å². The van der Waals surface area contributed by atoms with Crippen LogP contribution in [0.15, 0.2) is 106 Å². The molecule has 2 heteroatoms. The van der Waals surface area contributed by atoms with Gasteiger partial charge < -0.3 is 4.98 Å². The van der Waals surface area contributed by atoms with Gasteiger partial charge in [-0.25, -0.2) is 0 Å². The molecule has 22 heavy (non-hydrogen) atoms. The molecule has 0 bridgehead atoms. The van der Waals surface area contributed by atoms with E-state index in [1.54, 1.807) is 0 Å². The summed E-state index contributed by atoms with van der Waals surface area (Å²) < 4.78 is 0. The third kappa shape index (κ3) is 2.32. The number of benzene rings is 3. The summed E-state index contributed by atoms with van der Waals surface area (Å²) in [5, 5.41) is 1.30. The van der Waals surface area contributed by atoms with Gasteiger partial charge in [0, 0.05) is 0 Å². The van der Waals surface area contributed by atoms with E-state index in [0.29, 0.717) is 0 Å². The van der Waals surface area contributed by atoms with Crippen molar-refractivity contribution in [1.29, 1.82) is 0 Å². The predicted molar refractivity (Wildman–Crippen MR) is 93.3 cm³/mol. The van der Waals surface area contributed by atoms with E-state index in [1.165, 1.54) is 25.6 Å². The van der Waals surface area contributed by atoms with Gasteiger partial charge in [0.05, 0.1) is 17.1 Å². The Labute approximate surface area is 133 Å².